The number of pyridine rings is 1. The second kappa shape index (κ2) is 6.62. The quantitative estimate of drug-likeness (QED) is 0.897. The molecule has 1 amide bonds. The first kappa shape index (κ1) is 14.6. The van der Waals surface area contributed by atoms with Crippen LogP contribution in [0.5, 0.6) is 0 Å². The molecule has 2 aliphatic heterocycles. The number of carbonyl (C=O) groups is 1. The van der Waals surface area contributed by atoms with Crippen LogP contribution in [0.4, 0.5) is 5.82 Å². The monoisotopic (exact) mass is 308 g/mol. The summed E-state index contributed by atoms with van der Waals surface area (Å²) in [5.74, 6) is 1.49. The van der Waals surface area contributed by atoms with Crippen molar-refractivity contribution in [1.82, 2.24) is 15.2 Å². The molecule has 2 fully saturated rings. The van der Waals surface area contributed by atoms with Gasteiger partial charge < -0.3 is 15.1 Å². The number of hydrogen-bond donors (Lipinski definition) is 1. The molecule has 3 rings (SSSR count). The van der Waals surface area contributed by atoms with Crippen molar-refractivity contribution in [1.29, 1.82) is 0 Å². The molecule has 0 saturated carbocycles. The van der Waals surface area contributed by atoms with Crippen LogP contribution in [0.15, 0.2) is 18.3 Å². The summed E-state index contributed by atoms with van der Waals surface area (Å²) in [5.41, 5.74) is 0. The van der Waals surface area contributed by atoms with Crippen LogP contribution in [0, 0.1) is 5.92 Å². The first-order chi connectivity index (χ1) is 10.2. The molecule has 21 heavy (non-hydrogen) atoms. The first-order valence-electron chi connectivity index (χ1n) is 7.60. The smallest absolute Gasteiger partial charge is 0.225 e. The molecule has 1 aromatic rings. The minimum atomic E-state index is 0.214. The predicted molar refractivity (Wildman–Crippen MR) is 83.6 cm³/mol. The van der Waals surface area contributed by atoms with Gasteiger partial charge in [0.1, 0.15) is 5.82 Å². The van der Waals surface area contributed by atoms with E-state index in [0.29, 0.717) is 10.9 Å². The fourth-order valence-corrected chi connectivity index (χ4v) is 3.15. The lowest BCUT2D eigenvalue weighted by Crippen LogP contribution is -2.51. The van der Waals surface area contributed by atoms with Crippen molar-refractivity contribution < 1.29 is 4.79 Å². The van der Waals surface area contributed by atoms with E-state index in [-0.39, 0.29) is 5.92 Å². The number of amides is 1. The topological polar surface area (TPSA) is 48.5 Å². The molecule has 2 aliphatic rings. The van der Waals surface area contributed by atoms with E-state index in [0.717, 1.165) is 57.9 Å². The Labute approximate surface area is 130 Å². The lowest BCUT2D eigenvalue weighted by Gasteiger charge is -2.37. The Morgan fingerprint density at radius 3 is 2.52 bits per heavy atom. The van der Waals surface area contributed by atoms with Gasteiger partial charge in [0.05, 0.1) is 5.02 Å². The van der Waals surface area contributed by atoms with Crippen LogP contribution in [0.3, 0.4) is 0 Å². The van der Waals surface area contributed by atoms with E-state index in [9.17, 15) is 4.79 Å². The van der Waals surface area contributed by atoms with E-state index in [2.05, 4.69) is 15.2 Å². The third kappa shape index (κ3) is 3.47. The Morgan fingerprint density at radius 1 is 1.19 bits per heavy atom. The van der Waals surface area contributed by atoms with Crippen LogP contribution in [-0.4, -0.2) is 55.1 Å². The Morgan fingerprint density at radius 2 is 1.90 bits per heavy atom. The number of piperazine rings is 1. The van der Waals surface area contributed by atoms with Gasteiger partial charge in [-0.25, -0.2) is 4.98 Å². The average Bonchev–Trinajstić information content (AvgIpc) is 2.56. The zero-order valence-corrected chi connectivity index (χ0v) is 12.9. The van der Waals surface area contributed by atoms with Crippen LogP contribution in [-0.2, 0) is 4.79 Å². The van der Waals surface area contributed by atoms with Crippen molar-refractivity contribution in [2.75, 3.05) is 44.2 Å². The van der Waals surface area contributed by atoms with Crippen molar-refractivity contribution in [2.24, 2.45) is 5.92 Å². The number of carbonyl (C=O) groups excluding carboxylic acids is 1. The summed E-state index contributed by atoms with van der Waals surface area (Å²) in [4.78, 5) is 21.1. The Bertz CT molecular complexity index is 479. The molecule has 114 valence electrons. The average molecular weight is 309 g/mol. The summed E-state index contributed by atoms with van der Waals surface area (Å²) in [7, 11) is 0. The number of hydrogen-bond acceptors (Lipinski definition) is 4. The molecule has 1 aromatic heterocycles. The Balaban J connectivity index is 1.54. The third-order valence-corrected chi connectivity index (χ3v) is 4.54. The number of aromatic nitrogens is 1. The van der Waals surface area contributed by atoms with Crippen molar-refractivity contribution in [2.45, 2.75) is 12.8 Å². The zero-order valence-electron chi connectivity index (χ0n) is 12.1. The summed E-state index contributed by atoms with van der Waals surface area (Å²) in [6, 6.07) is 3.79. The zero-order chi connectivity index (χ0) is 14.7. The van der Waals surface area contributed by atoms with Crippen molar-refractivity contribution in [3.05, 3.63) is 23.4 Å². The van der Waals surface area contributed by atoms with Gasteiger partial charge >= 0.3 is 0 Å². The maximum atomic E-state index is 12.5. The van der Waals surface area contributed by atoms with E-state index in [1.165, 1.54) is 0 Å². The normalized spacial score (nSPS) is 20.6. The van der Waals surface area contributed by atoms with Gasteiger partial charge in [0, 0.05) is 38.3 Å². The largest absolute Gasteiger partial charge is 0.353 e. The number of halogens is 1. The molecule has 0 spiro atoms. The fraction of sp³-hybridized carbons (Fsp3) is 0.600. The molecule has 0 unspecified atom stereocenters. The molecule has 0 aliphatic carbocycles. The lowest BCUT2D eigenvalue weighted by atomic mass is 9.96. The number of nitrogens with one attached hydrogen (secondary N) is 1. The molecule has 3 heterocycles. The SMILES string of the molecule is O=C(C1CCNCC1)N1CCN(c2ccc(Cl)cn2)CC1. The van der Waals surface area contributed by atoms with Crippen LogP contribution in [0.2, 0.25) is 5.02 Å². The number of nitrogens with zero attached hydrogens (tertiary/aromatic N) is 3. The van der Waals surface area contributed by atoms with Gasteiger partial charge in [-0.2, -0.15) is 0 Å². The molecule has 1 N–H and O–H groups in total. The summed E-state index contributed by atoms with van der Waals surface area (Å²) >= 11 is 5.86. The maximum absolute atomic E-state index is 12.5. The molecule has 2 saturated heterocycles. The molecular formula is C15H21ClN4O. The molecule has 0 aromatic carbocycles. The fourth-order valence-electron chi connectivity index (χ4n) is 3.04. The minimum absolute atomic E-state index is 0.214. The summed E-state index contributed by atoms with van der Waals surface area (Å²) in [6.45, 7) is 5.17. The molecule has 0 bridgehead atoms. The number of anilines is 1. The van der Waals surface area contributed by atoms with Crippen LogP contribution < -0.4 is 10.2 Å². The Hall–Kier alpha value is -1.33. The van der Waals surface area contributed by atoms with Crippen LogP contribution in [0.25, 0.3) is 0 Å². The first-order valence-corrected chi connectivity index (χ1v) is 7.98. The summed E-state index contributed by atoms with van der Waals surface area (Å²) in [5, 5.41) is 3.96. The number of piperidine rings is 1. The molecular weight excluding hydrogens is 288 g/mol. The van der Waals surface area contributed by atoms with Gasteiger partial charge in [0.2, 0.25) is 5.91 Å². The van der Waals surface area contributed by atoms with Gasteiger partial charge in [-0.05, 0) is 38.1 Å². The standard InChI is InChI=1S/C15H21ClN4O/c16-13-1-2-14(18-11-13)19-7-9-20(10-8-19)15(21)12-3-5-17-6-4-12/h1-2,11-12,17H,3-10H2. The van der Waals surface area contributed by atoms with Gasteiger partial charge in [0.15, 0.2) is 0 Å². The van der Waals surface area contributed by atoms with E-state index < -0.39 is 0 Å². The highest BCUT2D eigenvalue weighted by Gasteiger charge is 2.28. The molecule has 0 atom stereocenters. The molecule has 6 heteroatoms. The second-order valence-electron chi connectivity index (χ2n) is 5.67. The van der Waals surface area contributed by atoms with E-state index >= 15 is 0 Å². The highest BCUT2D eigenvalue weighted by molar-refractivity contribution is 6.30. The highest BCUT2D eigenvalue weighted by atomic mass is 35.5. The van der Waals surface area contributed by atoms with E-state index in [1.807, 2.05) is 17.0 Å². The maximum Gasteiger partial charge on any atom is 0.225 e. The van der Waals surface area contributed by atoms with Gasteiger partial charge in [-0.1, -0.05) is 11.6 Å². The second-order valence-corrected chi connectivity index (χ2v) is 6.11. The van der Waals surface area contributed by atoms with Crippen molar-refractivity contribution in [3.63, 3.8) is 0 Å². The summed E-state index contributed by atoms with van der Waals surface area (Å²) in [6.07, 6.45) is 3.61. The van der Waals surface area contributed by atoms with E-state index in [1.54, 1.807) is 6.20 Å². The lowest BCUT2D eigenvalue weighted by molar-refractivity contribution is -0.136. The Kier molecular flexibility index (Phi) is 4.60. The number of rotatable bonds is 2. The van der Waals surface area contributed by atoms with Gasteiger partial charge in [-0.15, -0.1) is 0 Å². The van der Waals surface area contributed by atoms with Crippen molar-refractivity contribution in [3.8, 4) is 0 Å². The van der Waals surface area contributed by atoms with E-state index in [4.69, 9.17) is 11.6 Å². The molecule has 0 radical (unpaired) electrons. The minimum Gasteiger partial charge on any atom is -0.353 e. The van der Waals surface area contributed by atoms with Crippen molar-refractivity contribution >= 4 is 23.3 Å². The van der Waals surface area contributed by atoms with Crippen LogP contribution >= 0.6 is 11.6 Å². The van der Waals surface area contributed by atoms with Gasteiger partial charge in [-0.3, -0.25) is 4.79 Å². The third-order valence-electron chi connectivity index (χ3n) is 4.32. The highest BCUT2D eigenvalue weighted by Crippen LogP contribution is 2.19. The summed E-state index contributed by atoms with van der Waals surface area (Å²) < 4.78 is 0. The van der Waals surface area contributed by atoms with Gasteiger partial charge in [0.25, 0.3) is 0 Å². The van der Waals surface area contributed by atoms with Crippen LogP contribution in [0.1, 0.15) is 12.8 Å². The predicted octanol–water partition coefficient (Wildman–Crippen LogP) is 1.38. The molecule has 5 nitrogen and oxygen atoms in total.